The molecule has 2 heterocycles. The van der Waals surface area contributed by atoms with Crippen LogP contribution in [-0.2, 0) is 6.54 Å². The SMILES string of the molecule is CCCn1cc(-c2c(Cl)ccc3c(Sc4cccc(C(=O)O)c4F)c(Cl)[nH]c23)c(F)n1. The summed E-state index contributed by atoms with van der Waals surface area (Å²) in [6, 6.07) is 7.41. The molecular formula is C21H15Cl2F2N3O2S. The zero-order valence-electron chi connectivity index (χ0n) is 16.0. The largest absolute Gasteiger partial charge is 0.478 e. The molecule has 0 aliphatic heterocycles. The smallest absolute Gasteiger partial charge is 0.338 e. The quantitative estimate of drug-likeness (QED) is 0.315. The number of aromatic amines is 1. The summed E-state index contributed by atoms with van der Waals surface area (Å²) in [5, 5.41) is 14.2. The molecule has 0 aliphatic carbocycles. The molecule has 2 N–H and O–H groups in total. The Labute approximate surface area is 190 Å². The monoisotopic (exact) mass is 481 g/mol. The van der Waals surface area contributed by atoms with Gasteiger partial charge in [-0.05, 0) is 24.6 Å². The van der Waals surface area contributed by atoms with Gasteiger partial charge in [0.1, 0.15) is 5.15 Å². The Morgan fingerprint density at radius 3 is 2.74 bits per heavy atom. The fraction of sp³-hybridized carbons (Fsp3) is 0.143. The maximum atomic E-state index is 14.6. The number of carboxylic acid groups (broad SMARTS) is 1. The third-order valence-electron chi connectivity index (χ3n) is 4.68. The molecule has 0 atom stereocenters. The van der Waals surface area contributed by atoms with E-state index < -0.39 is 23.3 Å². The molecule has 0 bridgehead atoms. The van der Waals surface area contributed by atoms with Gasteiger partial charge in [0.25, 0.3) is 0 Å². The topological polar surface area (TPSA) is 70.9 Å². The summed E-state index contributed by atoms with van der Waals surface area (Å²) in [7, 11) is 0. The zero-order valence-corrected chi connectivity index (χ0v) is 18.4. The lowest BCUT2D eigenvalue weighted by molar-refractivity contribution is 0.0691. The first kappa shape index (κ1) is 21.7. The van der Waals surface area contributed by atoms with Crippen LogP contribution in [0.5, 0.6) is 0 Å². The number of rotatable bonds is 6. The molecule has 0 unspecified atom stereocenters. The van der Waals surface area contributed by atoms with Crippen molar-refractivity contribution in [3.63, 3.8) is 0 Å². The third kappa shape index (κ3) is 3.91. The Balaban J connectivity index is 1.86. The summed E-state index contributed by atoms with van der Waals surface area (Å²) in [6.45, 7) is 2.51. The van der Waals surface area contributed by atoms with E-state index in [0.29, 0.717) is 32.9 Å². The molecule has 2 aromatic carbocycles. The van der Waals surface area contributed by atoms with Crippen molar-refractivity contribution in [3.05, 3.63) is 64.0 Å². The number of aryl methyl sites for hydroxylation is 1. The van der Waals surface area contributed by atoms with Crippen molar-refractivity contribution in [2.24, 2.45) is 0 Å². The molecule has 0 fully saturated rings. The lowest BCUT2D eigenvalue weighted by Crippen LogP contribution is -2.01. The number of aromatic nitrogens is 3. The standard InChI is InChI=1S/C21H15Cl2F2N3O2S/c1-2-8-28-9-12(20(25)27-28)15-13(22)7-6-11-17(15)26-19(23)18(11)31-14-5-3-4-10(16(14)24)21(29)30/h3-7,9,26H,2,8H2,1H3,(H,29,30). The Morgan fingerprint density at radius 2 is 2.03 bits per heavy atom. The van der Waals surface area contributed by atoms with Gasteiger partial charge in [-0.25, -0.2) is 9.18 Å². The first-order valence-electron chi connectivity index (χ1n) is 9.24. The van der Waals surface area contributed by atoms with Crippen molar-refractivity contribution < 1.29 is 18.7 Å². The highest BCUT2D eigenvalue weighted by Gasteiger charge is 2.23. The van der Waals surface area contributed by atoms with Crippen molar-refractivity contribution in [3.8, 4) is 11.1 Å². The van der Waals surface area contributed by atoms with E-state index in [0.717, 1.165) is 18.2 Å². The normalized spacial score (nSPS) is 11.4. The lowest BCUT2D eigenvalue weighted by Gasteiger charge is -2.07. The van der Waals surface area contributed by atoms with Crippen LogP contribution in [0.1, 0.15) is 23.7 Å². The van der Waals surface area contributed by atoms with E-state index in [1.165, 1.54) is 22.9 Å². The number of nitrogens with zero attached hydrogens (tertiary/aromatic N) is 2. The van der Waals surface area contributed by atoms with Crippen LogP contribution in [0.15, 0.2) is 46.3 Å². The third-order valence-corrected chi connectivity index (χ3v) is 6.55. The number of nitrogens with one attached hydrogen (secondary N) is 1. The number of benzene rings is 2. The van der Waals surface area contributed by atoms with Gasteiger partial charge in [-0.2, -0.15) is 4.39 Å². The van der Waals surface area contributed by atoms with Crippen molar-refractivity contribution >= 4 is 51.8 Å². The van der Waals surface area contributed by atoms with Crippen LogP contribution in [0.4, 0.5) is 8.78 Å². The number of aromatic carboxylic acids is 1. The van der Waals surface area contributed by atoms with E-state index in [9.17, 15) is 13.6 Å². The van der Waals surface area contributed by atoms with Crippen LogP contribution >= 0.6 is 35.0 Å². The van der Waals surface area contributed by atoms with Gasteiger partial charge in [-0.1, -0.05) is 54.0 Å². The molecule has 4 aromatic rings. The first-order chi connectivity index (χ1) is 14.8. The van der Waals surface area contributed by atoms with Crippen LogP contribution in [0, 0.1) is 11.8 Å². The second-order valence-corrected chi connectivity index (χ2v) is 8.57. The summed E-state index contributed by atoms with van der Waals surface area (Å²) in [4.78, 5) is 14.8. The minimum Gasteiger partial charge on any atom is -0.478 e. The molecule has 0 spiro atoms. The van der Waals surface area contributed by atoms with Gasteiger partial charge >= 0.3 is 5.97 Å². The van der Waals surface area contributed by atoms with Crippen LogP contribution in [-0.4, -0.2) is 25.8 Å². The second kappa shape index (κ2) is 8.53. The molecule has 0 amide bonds. The minimum absolute atomic E-state index is 0.0983. The molecule has 160 valence electrons. The molecular weight excluding hydrogens is 467 g/mol. The van der Waals surface area contributed by atoms with Gasteiger partial charge in [-0.3, -0.25) is 4.68 Å². The Bertz CT molecular complexity index is 1320. The lowest BCUT2D eigenvalue weighted by atomic mass is 10.1. The molecule has 5 nitrogen and oxygen atoms in total. The summed E-state index contributed by atoms with van der Waals surface area (Å²) in [5.74, 6) is -2.88. The summed E-state index contributed by atoms with van der Waals surface area (Å²) in [5.41, 5.74) is 0.657. The van der Waals surface area contributed by atoms with Gasteiger partial charge in [0, 0.05) is 28.6 Å². The van der Waals surface area contributed by atoms with Crippen LogP contribution in [0.25, 0.3) is 22.0 Å². The van der Waals surface area contributed by atoms with Crippen molar-refractivity contribution in [1.29, 1.82) is 0 Å². The number of hydrogen-bond acceptors (Lipinski definition) is 3. The van der Waals surface area contributed by atoms with E-state index in [2.05, 4.69) is 10.1 Å². The van der Waals surface area contributed by atoms with E-state index >= 15 is 0 Å². The van der Waals surface area contributed by atoms with Crippen LogP contribution in [0.3, 0.4) is 0 Å². The molecule has 2 aromatic heterocycles. The van der Waals surface area contributed by atoms with E-state index in [-0.39, 0.29) is 15.6 Å². The fourth-order valence-electron chi connectivity index (χ4n) is 3.32. The molecule has 0 radical (unpaired) electrons. The number of carboxylic acids is 1. The van der Waals surface area contributed by atoms with Gasteiger partial charge in [0.2, 0.25) is 5.95 Å². The van der Waals surface area contributed by atoms with Crippen LogP contribution < -0.4 is 0 Å². The molecule has 4 rings (SSSR count). The van der Waals surface area contributed by atoms with Crippen LogP contribution in [0.2, 0.25) is 10.2 Å². The van der Waals surface area contributed by atoms with E-state index in [4.69, 9.17) is 28.3 Å². The van der Waals surface area contributed by atoms with Crippen molar-refractivity contribution in [2.75, 3.05) is 0 Å². The molecule has 0 saturated carbocycles. The predicted octanol–water partition coefficient (Wildman–Crippen LogP) is 6.88. The summed E-state index contributed by atoms with van der Waals surface area (Å²) in [6.07, 6.45) is 2.37. The molecule has 31 heavy (non-hydrogen) atoms. The number of fused-ring (bicyclic) bond motifs is 1. The average molecular weight is 482 g/mol. The summed E-state index contributed by atoms with van der Waals surface area (Å²) < 4.78 is 30.8. The zero-order chi connectivity index (χ0) is 22.3. The first-order valence-corrected chi connectivity index (χ1v) is 10.8. The number of carbonyl (C=O) groups is 1. The molecule has 0 saturated heterocycles. The fourth-order valence-corrected chi connectivity index (χ4v) is 4.88. The molecule has 0 aliphatic rings. The van der Waals surface area contributed by atoms with Gasteiger partial charge in [0.05, 0.1) is 26.6 Å². The Morgan fingerprint density at radius 1 is 1.26 bits per heavy atom. The second-order valence-electron chi connectivity index (χ2n) is 6.73. The Kier molecular flexibility index (Phi) is 5.96. The van der Waals surface area contributed by atoms with E-state index in [1.807, 2.05) is 6.92 Å². The highest BCUT2D eigenvalue weighted by atomic mass is 35.5. The number of halogens is 4. The van der Waals surface area contributed by atoms with Crippen molar-refractivity contribution in [1.82, 2.24) is 14.8 Å². The average Bonchev–Trinajstić information content (AvgIpc) is 3.22. The van der Waals surface area contributed by atoms with Gasteiger partial charge < -0.3 is 10.1 Å². The van der Waals surface area contributed by atoms with E-state index in [1.54, 1.807) is 18.3 Å². The van der Waals surface area contributed by atoms with Crippen molar-refractivity contribution in [2.45, 2.75) is 29.7 Å². The number of H-pyrrole nitrogens is 1. The number of hydrogen-bond donors (Lipinski definition) is 2. The molecule has 10 heteroatoms. The minimum atomic E-state index is -1.36. The highest BCUT2D eigenvalue weighted by Crippen LogP contribution is 2.45. The maximum absolute atomic E-state index is 14.6. The predicted molar refractivity (Wildman–Crippen MR) is 117 cm³/mol. The van der Waals surface area contributed by atoms with Gasteiger partial charge in [0.15, 0.2) is 5.82 Å². The van der Waals surface area contributed by atoms with Gasteiger partial charge in [-0.15, -0.1) is 5.10 Å². The Hall–Kier alpha value is -2.55. The maximum Gasteiger partial charge on any atom is 0.338 e. The highest BCUT2D eigenvalue weighted by molar-refractivity contribution is 7.99. The summed E-state index contributed by atoms with van der Waals surface area (Å²) >= 11 is 13.8.